The Bertz CT molecular complexity index is 683. The molecule has 0 aliphatic carbocycles. The Morgan fingerprint density at radius 1 is 1.54 bits per heavy atom. The second-order valence-electron chi connectivity index (χ2n) is 6.23. The molecule has 2 atom stereocenters. The van der Waals surface area contributed by atoms with Crippen LogP contribution in [-0.2, 0) is 16.6 Å². The Labute approximate surface area is 146 Å². The zero-order valence-electron chi connectivity index (χ0n) is 14.4. The van der Waals surface area contributed by atoms with Crippen LogP contribution < -0.4 is 10.2 Å². The lowest BCUT2D eigenvalue weighted by Crippen LogP contribution is -2.48. The number of ether oxygens (including phenoxy) is 1. The van der Waals surface area contributed by atoms with Crippen LogP contribution in [-0.4, -0.2) is 42.0 Å². The normalized spacial score (nSPS) is 19.3. The van der Waals surface area contributed by atoms with Gasteiger partial charge in [0.25, 0.3) is 0 Å². The maximum absolute atomic E-state index is 12.2. The summed E-state index contributed by atoms with van der Waals surface area (Å²) in [6.07, 6.45) is 2.13. The summed E-state index contributed by atoms with van der Waals surface area (Å²) in [6, 6.07) is 3.92. The van der Waals surface area contributed by atoms with Crippen molar-refractivity contribution in [3.63, 3.8) is 0 Å². The average molecular weight is 348 g/mol. The Morgan fingerprint density at radius 2 is 2.38 bits per heavy atom. The summed E-state index contributed by atoms with van der Waals surface area (Å²) in [5, 5.41) is 11.9. The fourth-order valence-corrected chi connectivity index (χ4v) is 3.99. The maximum Gasteiger partial charge on any atom is 0.327 e. The zero-order valence-corrected chi connectivity index (χ0v) is 15.2. The van der Waals surface area contributed by atoms with Gasteiger partial charge >= 0.3 is 5.97 Å². The van der Waals surface area contributed by atoms with Gasteiger partial charge in [0.1, 0.15) is 11.9 Å². The molecular weight excluding hydrogens is 324 g/mol. The highest BCUT2D eigenvalue weighted by atomic mass is 32.1. The van der Waals surface area contributed by atoms with Crippen molar-refractivity contribution in [1.29, 1.82) is 0 Å². The fourth-order valence-electron chi connectivity index (χ4n) is 3.31. The standard InChI is InChI=1S/C17H24N4O2S/c1-12-9-15(20(2)19-12)21-7-4-5-14(10-21)18-16(17(22)23-3)13-6-8-24-11-13/h6,8-9,11,14,16,18H,4-5,7,10H2,1-3H3/t14-,16+/m1/s1. The van der Waals surface area contributed by atoms with Crippen LogP contribution in [0.2, 0.25) is 0 Å². The summed E-state index contributed by atoms with van der Waals surface area (Å²) in [7, 11) is 3.41. The summed E-state index contributed by atoms with van der Waals surface area (Å²) in [6.45, 7) is 3.88. The molecule has 0 aromatic carbocycles. The highest BCUT2D eigenvalue weighted by molar-refractivity contribution is 7.08. The molecule has 1 fully saturated rings. The molecule has 1 saturated heterocycles. The number of carbonyl (C=O) groups excluding carboxylic acids is 1. The monoisotopic (exact) mass is 348 g/mol. The van der Waals surface area contributed by atoms with Gasteiger partial charge in [0.05, 0.1) is 12.8 Å². The van der Waals surface area contributed by atoms with E-state index in [1.165, 1.54) is 7.11 Å². The van der Waals surface area contributed by atoms with Crippen molar-refractivity contribution in [2.45, 2.75) is 31.8 Å². The van der Waals surface area contributed by atoms with Crippen LogP contribution in [0, 0.1) is 6.92 Å². The largest absolute Gasteiger partial charge is 0.468 e. The van der Waals surface area contributed by atoms with Crippen LogP contribution in [0.15, 0.2) is 22.9 Å². The van der Waals surface area contributed by atoms with E-state index in [1.807, 2.05) is 35.5 Å². The molecule has 3 heterocycles. The molecule has 3 rings (SSSR count). The van der Waals surface area contributed by atoms with Gasteiger partial charge in [0, 0.05) is 32.2 Å². The fraction of sp³-hybridized carbons (Fsp3) is 0.529. The molecule has 1 aliphatic rings. The number of anilines is 1. The first kappa shape index (κ1) is 17.0. The molecule has 0 radical (unpaired) electrons. The number of nitrogens with zero attached hydrogens (tertiary/aromatic N) is 3. The molecular formula is C17H24N4O2S. The molecule has 2 aromatic heterocycles. The van der Waals surface area contributed by atoms with Crippen molar-refractivity contribution in [3.8, 4) is 0 Å². The third-order valence-corrected chi connectivity index (χ3v) is 5.14. The number of rotatable bonds is 5. The SMILES string of the molecule is COC(=O)[C@@H](N[C@@H]1CCCN(c2cc(C)nn2C)C1)c1ccsc1. The second kappa shape index (κ2) is 7.36. The van der Waals surface area contributed by atoms with E-state index < -0.39 is 6.04 Å². The first-order chi connectivity index (χ1) is 11.6. The van der Waals surface area contributed by atoms with Crippen molar-refractivity contribution in [2.24, 2.45) is 7.05 Å². The van der Waals surface area contributed by atoms with Crippen LogP contribution >= 0.6 is 11.3 Å². The number of methoxy groups -OCH3 is 1. The summed E-state index contributed by atoms with van der Waals surface area (Å²) < 4.78 is 6.91. The van der Waals surface area contributed by atoms with E-state index in [4.69, 9.17) is 4.74 Å². The van der Waals surface area contributed by atoms with Gasteiger partial charge in [-0.3, -0.25) is 10.00 Å². The lowest BCUT2D eigenvalue weighted by Gasteiger charge is -2.35. The summed E-state index contributed by atoms with van der Waals surface area (Å²) in [5.74, 6) is 0.894. The number of thiophene rings is 1. The van der Waals surface area contributed by atoms with Gasteiger partial charge in [-0.25, -0.2) is 4.79 Å². The minimum absolute atomic E-state index is 0.234. The minimum Gasteiger partial charge on any atom is -0.468 e. The van der Waals surface area contributed by atoms with E-state index in [1.54, 1.807) is 11.3 Å². The molecule has 6 nitrogen and oxygen atoms in total. The number of nitrogens with one attached hydrogen (secondary N) is 1. The predicted molar refractivity (Wildman–Crippen MR) is 95.4 cm³/mol. The molecule has 24 heavy (non-hydrogen) atoms. The van der Waals surface area contributed by atoms with Gasteiger partial charge in [-0.05, 0) is 42.2 Å². The number of hydrogen-bond acceptors (Lipinski definition) is 6. The molecule has 1 aliphatic heterocycles. The van der Waals surface area contributed by atoms with Crippen LogP contribution in [0.1, 0.15) is 30.1 Å². The van der Waals surface area contributed by atoms with E-state index in [9.17, 15) is 4.79 Å². The highest BCUT2D eigenvalue weighted by Gasteiger charge is 2.28. The van der Waals surface area contributed by atoms with Gasteiger partial charge in [-0.2, -0.15) is 16.4 Å². The molecule has 0 bridgehead atoms. The van der Waals surface area contributed by atoms with E-state index in [-0.39, 0.29) is 12.0 Å². The third kappa shape index (κ3) is 3.62. The molecule has 0 saturated carbocycles. The number of hydrogen-bond donors (Lipinski definition) is 1. The summed E-state index contributed by atoms with van der Waals surface area (Å²) >= 11 is 1.59. The number of carbonyl (C=O) groups is 1. The Hall–Kier alpha value is -1.86. The Balaban J connectivity index is 1.72. The van der Waals surface area contributed by atoms with E-state index in [0.717, 1.165) is 43.0 Å². The lowest BCUT2D eigenvalue weighted by molar-refractivity contribution is -0.143. The van der Waals surface area contributed by atoms with E-state index >= 15 is 0 Å². The van der Waals surface area contributed by atoms with Crippen molar-refractivity contribution in [3.05, 3.63) is 34.2 Å². The van der Waals surface area contributed by atoms with Crippen LogP contribution in [0.4, 0.5) is 5.82 Å². The van der Waals surface area contributed by atoms with Gasteiger partial charge in [0.2, 0.25) is 0 Å². The molecule has 2 aromatic rings. The van der Waals surface area contributed by atoms with Crippen LogP contribution in [0.3, 0.4) is 0 Å². The van der Waals surface area contributed by atoms with Gasteiger partial charge in [0.15, 0.2) is 0 Å². The van der Waals surface area contributed by atoms with E-state index in [2.05, 4.69) is 21.4 Å². The van der Waals surface area contributed by atoms with Gasteiger partial charge in [-0.1, -0.05) is 0 Å². The number of aryl methyl sites for hydroxylation is 2. The molecule has 0 spiro atoms. The topological polar surface area (TPSA) is 59.4 Å². The second-order valence-corrected chi connectivity index (χ2v) is 7.01. The lowest BCUT2D eigenvalue weighted by atomic mass is 10.0. The van der Waals surface area contributed by atoms with E-state index in [0.29, 0.717) is 0 Å². The van der Waals surface area contributed by atoms with Crippen LogP contribution in [0.25, 0.3) is 0 Å². The molecule has 1 N–H and O–H groups in total. The van der Waals surface area contributed by atoms with Crippen molar-refractivity contribution in [2.75, 3.05) is 25.1 Å². The maximum atomic E-state index is 12.2. The number of piperidine rings is 1. The average Bonchev–Trinajstić information content (AvgIpc) is 3.21. The Morgan fingerprint density at radius 3 is 3.00 bits per heavy atom. The smallest absolute Gasteiger partial charge is 0.327 e. The summed E-state index contributed by atoms with van der Waals surface area (Å²) in [5.41, 5.74) is 1.99. The van der Waals surface area contributed by atoms with Gasteiger partial charge in [-0.15, -0.1) is 0 Å². The van der Waals surface area contributed by atoms with Crippen molar-refractivity contribution >= 4 is 23.1 Å². The molecule has 0 amide bonds. The predicted octanol–water partition coefficient (Wildman–Crippen LogP) is 2.26. The van der Waals surface area contributed by atoms with Crippen molar-refractivity contribution < 1.29 is 9.53 Å². The third-order valence-electron chi connectivity index (χ3n) is 4.44. The first-order valence-corrected chi connectivity index (χ1v) is 9.14. The highest BCUT2D eigenvalue weighted by Crippen LogP contribution is 2.24. The van der Waals surface area contributed by atoms with Crippen LogP contribution in [0.5, 0.6) is 0 Å². The Kier molecular flexibility index (Phi) is 5.20. The minimum atomic E-state index is -0.403. The number of esters is 1. The molecule has 130 valence electrons. The van der Waals surface area contributed by atoms with Gasteiger partial charge < -0.3 is 9.64 Å². The quantitative estimate of drug-likeness (QED) is 0.840. The molecule has 0 unspecified atom stereocenters. The number of aromatic nitrogens is 2. The van der Waals surface area contributed by atoms with Crippen molar-refractivity contribution in [1.82, 2.24) is 15.1 Å². The summed E-state index contributed by atoms with van der Waals surface area (Å²) in [4.78, 5) is 14.5. The first-order valence-electron chi connectivity index (χ1n) is 8.20. The zero-order chi connectivity index (χ0) is 17.1. The molecule has 7 heteroatoms.